The summed E-state index contributed by atoms with van der Waals surface area (Å²) in [5.41, 5.74) is 0.922. The normalized spacial score (nSPS) is 10.7. The third-order valence-corrected chi connectivity index (χ3v) is 2.73. The molecule has 0 saturated carbocycles. The van der Waals surface area contributed by atoms with Gasteiger partial charge in [0, 0.05) is 18.2 Å². The van der Waals surface area contributed by atoms with Gasteiger partial charge in [-0.2, -0.15) is 0 Å². The molecule has 2 rings (SSSR count). The molecular weight excluding hydrogens is 294 g/mol. The lowest BCUT2D eigenvalue weighted by Crippen LogP contribution is -2.06. The minimum Gasteiger partial charge on any atom is -0.364 e. The summed E-state index contributed by atoms with van der Waals surface area (Å²) in [6, 6.07) is 3.72. The van der Waals surface area contributed by atoms with Crippen LogP contribution in [0, 0.1) is 0 Å². The van der Waals surface area contributed by atoms with E-state index in [1.165, 1.54) is 6.33 Å². The minimum atomic E-state index is 0.294. The van der Waals surface area contributed by atoms with Crippen molar-refractivity contribution in [2.45, 2.75) is 26.3 Å². The second kappa shape index (κ2) is 5.86. The van der Waals surface area contributed by atoms with E-state index in [0.717, 1.165) is 21.9 Å². The molecule has 18 heavy (non-hydrogen) atoms. The van der Waals surface area contributed by atoms with Crippen LogP contribution in [-0.2, 0) is 6.54 Å². The quantitative estimate of drug-likeness (QED) is 0.880. The van der Waals surface area contributed by atoms with Gasteiger partial charge in [-0.1, -0.05) is 13.8 Å². The molecule has 0 bridgehead atoms. The summed E-state index contributed by atoms with van der Waals surface area (Å²) in [4.78, 5) is 16.8. The maximum Gasteiger partial charge on any atom is 0.134 e. The molecule has 1 N–H and O–H groups in total. The van der Waals surface area contributed by atoms with Gasteiger partial charge in [-0.05, 0) is 22.0 Å². The summed E-state index contributed by atoms with van der Waals surface area (Å²) in [6.45, 7) is 4.75. The maximum absolute atomic E-state index is 4.45. The van der Waals surface area contributed by atoms with E-state index in [9.17, 15) is 0 Å². The number of halogens is 1. The van der Waals surface area contributed by atoms with Crippen molar-refractivity contribution in [1.29, 1.82) is 0 Å². The zero-order chi connectivity index (χ0) is 13.0. The highest BCUT2D eigenvalue weighted by atomic mass is 79.9. The number of nitrogens with zero attached hydrogens (tertiary/aromatic N) is 4. The minimum absolute atomic E-state index is 0.294. The van der Waals surface area contributed by atoms with E-state index in [2.05, 4.69) is 55.0 Å². The topological polar surface area (TPSA) is 63.6 Å². The number of aromatic nitrogens is 4. The van der Waals surface area contributed by atoms with Crippen molar-refractivity contribution in [3.63, 3.8) is 0 Å². The first-order valence-electron chi connectivity index (χ1n) is 5.68. The van der Waals surface area contributed by atoms with Gasteiger partial charge in [0.15, 0.2) is 0 Å². The molecule has 0 atom stereocenters. The fraction of sp³-hybridized carbons (Fsp3) is 0.333. The highest BCUT2D eigenvalue weighted by Crippen LogP contribution is 2.17. The van der Waals surface area contributed by atoms with Crippen molar-refractivity contribution in [3.05, 3.63) is 40.8 Å². The molecule has 0 radical (unpaired) electrons. The smallest absolute Gasteiger partial charge is 0.134 e. The SMILES string of the molecule is CC(C)c1nc(Br)cc(NCc2ccncn2)n1. The number of hydrogen-bond donors (Lipinski definition) is 1. The van der Waals surface area contributed by atoms with Gasteiger partial charge in [-0.3, -0.25) is 0 Å². The van der Waals surface area contributed by atoms with E-state index in [4.69, 9.17) is 0 Å². The van der Waals surface area contributed by atoms with E-state index in [-0.39, 0.29) is 0 Å². The Bertz CT molecular complexity index is 515. The molecule has 0 fully saturated rings. The molecule has 2 aromatic rings. The molecule has 6 heteroatoms. The van der Waals surface area contributed by atoms with Crippen molar-refractivity contribution in [2.75, 3.05) is 5.32 Å². The van der Waals surface area contributed by atoms with Gasteiger partial charge in [0.05, 0.1) is 12.2 Å². The second-order valence-electron chi connectivity index (χ2n) is 4.14. The van der Waals surface area contributed by atoms with Crippen molar-refractivity contribution >= 4 is 21.7 Å². The third kappa shape index (κ3) is 3.46. The van der Waals surface area contributed by atoms with Crippen molar-refractivity contribution < 1.29 is 0 Å². The largest absolute Gasteiger partial charge is 0.364 e. The molecule has 0 aromatic carbocycles. The molecule has 2 heterocycles. The first kappa shape index (κ1) is 12.9. The zero-order valence-electron chi connectivity index (χ0n) is 10.3. The summed E-state index contributed by atoms with van der Waals surface area (Å²) >= 11 is 3.39. The first-order valence-corrected chi connectivity index (χ1v) is 6.47. The highest BCUT2D eigenvalue weighted by molar-refractivity contribution is 9.10. The van der Waals surface area contributed by atoms with E-state index in [0.29, 0.717) is 12.5 Å². The summed E-state index contributed by atoms with van der Waals surface area (Å²) in [6.07, 6.45) is 3.26. The fourth-order valence-corrected chi connectivity index (χ4v) is 1.79. The van der Waals surface area contributed by atoms with Crippen molar-refractivity contribution in [2.24, 2.45) is 0 Å². The van der Waals surface area contributed by atoms with E-state index >= 15 is 0 Å². The Hall–Kier alpha value is -1.56. The van der Waals surface area contributed by atoms with Crippen LogP contribution in [0.3, 0.4) is 0 Å². The van der Waals surface area contributed by atoms with Crippen LogP contribution in [0.15, 0.2) is 29.3 Å². The number of nitrogens with one attached hydrogen (secondary N) is 1. The van der Waals surface area contributed by atoms with Crippen LogP contribution in [0.1, 0.15) is 31.3 Å². The Labute approximate surface area is 114 Å². The van der Waals surface area contributed by atoms with Gasteiger partial charge in [0.1, 0.15) is 22.6 Å². The lowest BCUT2D eigenvalue weighted by Gasteiger charge is -2.09. The predicted octanol–water partition coefficient (Wildman–Crippen LogP) is 2.76. The van der Waals surface area contributed by atoms with E-state index < -0.39 is 0 Å². The molecule has 2 aromatic heterocycles. The molecule has 0 aliphatic rings. The average molecular weight is 308 g/mol. The Morgan fingerprint density at radius 3 is 2.83 bits per heavy atom. The molecule has 0 aliphatic carbocycles. The maximum atomic E-state index is 4.45. The van der Waals surface area contributed by atoms with Gasteiger partial charge < -0.3 is 5.32 Å². The highest BCUT2D eigenvalue weighted by Gasteiger charge is 2.06. The lowest BCUT2D eigenvalue weighted by atomic mass is 10.2. The van der Waals surface area contributed by atoms with Crippen LogP contribution < -0.4 is 5.32 Å². The zero-order valence-corrected chi connectivity index (χ0v) is 11.8. The Kier molecular flexibility index (Phi) is 4.19. The van der Waals surface area contributed by atoms with Crippen LogP contribution in [-0.4, -0.2) is 19.9 Å². The Morgan fingerprint density at radius 1 is 1.33 bits per heavy atom. The summed E-state index contributed by atoms with van der Waals surface area (Å²) in [7, 11) is 0. The molecule has 0 amide bonds. The molecule has 0 spiro atoms. The average Bonchev–Trinajstić information content (AvgIpc) is 2.37. The van der Waals surface area contributed by atoms with Crippen molar-refractivity contribution in [3.8, 4) is 0 Å². The van der Waals surface area contributed by atoms with Crippen LogP contribution in [0.4, 0.5) is 5.82 Å². The first-order chi connectivity index (χ1) is 8.65. The van der Waals surface area contributed by atoms with Crippen molar-refractivity contribution in [1.82, 2.24) is 19.9 Å². The van der Waals surface area contributed by atoms with Crippen LogP contribution in [0.25, 0.3) is 0 Å². The molecule has 5 nitrogen and oxygen atoms in total. The fourth-order valence-electron chi connectivity index (χ4n) is 1.39. The van der Waals surface area contributed by atoms with Gasteiger partial charge in [0.2, 0.25) is 0 Å². The Balaban J connectivity index is 2.10. The summed E-state index contributed by atoms with van der Waals surface area (Å²) < 4.78 is 0.784. The molecule has 0 unspecified atom stereocenters. The Morgan fingerprint density at radius 2 is 2.17 bits per heavy atom. The number of anilines is 1. The molecule has 0 saturated heterocycles. The van der Waals surface area contributed by atoms with Gasteiger partial charge in [-0.25, -0.2) is 19.9 Å². The van der Waals surface area contributed by atoms with Gasteiger partial charge in [-0.15, -0.1) is 0 Å². The van der Waals surface area contributed by atoms with E-state index in [1.807, 2.05) is 12.1 Å². The molecule has 94 valence electrons. The van der Waals surface area contributed by atoms with Crippen LogP contribution in [0.5, 0.6) is 0 Å². The third-order valence-electron chi connectivity index (χ3n) is 2.32. The standard InChI is InChI=1S/C12H14BrN5/c1-8(2)12-17-10(13)5-11(18-12)15-6-9-3-4-14-7-16-9/h3-5,7-8H,6H2,1-2H3,(H,15,17,18). The summed E-state index contributed by atoms with van der Waals surface area (Å²) in [5, 5.41) is 3.23. The number of hydrogen-bond acceptors (Lipinski definition) is 5. The lowest BCUT2D eigenvalue weighted by molar-refractivity contribution is 0.769. The van der Waals surface area contributed by atoms with Gasteiger partial charge >= 0.3 is 0 Å². The second-order valence-corrected chi connectivity index (χ2v) is 4.96. The van der Waals surface area contributed by atoms with Gasteiger partial charge in [0.25, 0.3) is 0 Å². The predicted molar refractivity (Wildman–Crippen MR) is 73.2 cm³/mol. The van der Waals surface area contributed by atoms with Crippen LogP contribution >= 0.6 is 15.9 Å². The molecular formula is C12H14BrN5. The van der Waals surface area contributed by atoms with E-state index in [1.54, 1.807) is 6.20 Å². The molecule has 0 aliphatic heterocycles. The monoisotopic (exact) mass is 307 g/mol. The number of rotatable bonds is 4. The summed E-state index contributed by atoms with van der Waals surface area (Å²) in [5.74, 6) is 1.90. The van der Waals surface area contributed by atoms with Crippen LogP contribution in [0.2, 0.25) is 0 Å².